The molecule has 0 unspecified atom stereocenters. The average molecular weight is 320 g/mol. The third-order valence-corrected chi connectivity index (χ3v) is 4.35. The van der Waals surface area contributed by atoms with Crippen molar-refractivity contribution in [3.8, 4) is 0 Å². The fourth-order valence-electron chi connectivity index (χ4n) is 2.99. The summed E-state index contributed by atoms with van der Waals surface area (Å²) in [6, 6.07) is 7.27. The lowest BCUT2D eigenvalue weighted by Gasteiger charge is -2.20. The number of aliphatic hydroxyl groups excluding tert-OH is 1. The number of urea groups is 1. The number of anilines is 1. The first-order valence-electron chi connectivity index (χ1n) is 7.94. The van der Waals surface area contributed by atoms with Crippen LogP contribution in [0, 0.1) is 0 Å². The van der Waals surface area contributed by atoms with Crippen LogP contribution < -0.4 is 10.6 Å². The molecule has 0 aromatic heterocycles. The van der Waals surface area contributed by atoms with Crippen molar-refractivity contribution < 1.29 is 19.4 Å². The van der Waals surface area contributed by atoms with E-state index in [1.165, 1.54) is 5.56 Å². The quantitative estimate of drug-likeness (QED) is 0.774. The second-order valence-corrected chi connectivity index (χ2v) is 7.20. The summed E-state index contributed by atoms with van der Waals surface area (Å²) in [5, 5.41) is 15.4. The molecule has 0 saturated carbocycles. The van der Waals surface area contributed by atoms with Crippen LogP contribution in [-0.2, 0) is 14.9 Å². The lowest BCUT2D eigenvalue weighted by molar-refractivity contribution is 0.0180. The van der Waals surface area contributed by atoms with Gasteiger partial charge in [-0.25, -0.2) is 4.79 Å². The van der Waals surface area contributed by atoms with Crippen molar-refractivity contribution >= 4 is 11.7 Å². The molecule has 1 aromatic carbocycles. The van der Waals surface area contributed by atoms with E-state index < -0.39 is 6.10 Å². The van der Waals surface area contributed by atoms with E-state index in [4.69, 9.17) is 9.47 Å². The molecule has 0 spiro atoms. The molecule has 23 heavy (non-hydrogen) atoms. The molecular weight excluding hydrogens is 296 g/mol. The number of ether oxygens (including phenoxy) is 2. The Morgan fingerprint density at radius 1 is 1.13 bits per heavy atom. The van der Waals surface area contributed by atoms with Gasteiger partial charge in [-0.2, -0.15) is 0 Å². The third kappa shape index (κ3) is 3.49. The van der Waals surface area contributed by atoms with Gasteiger partial charge in [-0.1, -0.05) is 32.9 Å². The molecule has 6 heteroatoms. The number of hydrogen-bond acceptors (Lipinski definition) is 4. The Morgan fingerprint density at radius 3 is 2.43 bits per heavy atom. The largest absolute Gasteiger partial charge is 0.388 e. The molecule has 0 bridgehead atoms. The van der Waals surface area contributed by atoms with E-state index in [2.05, 4.69) is 31.4 Å². The lowest BCUT2D eigenvalue weighted by atomic mass is 9.87. The summed E-state index contributed by atoms with van der Waals surface area (Å²) in [4.78, 5) is 12.1. The number of nitrogens with one attached hydrogen (secondary N) is 2. The minimum absolute atomic E-state index is 0.0810. The van der Waals surface area contributed by atoms with Gasteiger partial charge in [0.2, 0.25) is 0 Å². The van der Waals surface area contributed by atoms with Crippen molar-refractivity contribution in [2.75, 3.05) is 18.5 Å². The van der Waals surface area contributed by atoms with Crippen LogP contribution >= 0.6 is 0 Å². The Bertz CT molecular complexity index is 567. The maximum atomic E-state index is 12.1. The topological polar surface area (TPSA) is 79.8 Å². The molecule has 2 heterocycles. The van der Waals surface area contributed by atoms with Crippen molar-refractivity contribution in [2.45, 2.75) is 50.5 Å². The number of carbonyl (C=O) groups is 1. The fraction of sp³-hybridized carbons (Fsp3) is 0.588. The zero-order valence-corrected chi connectivity index (χ0v) is 13.7. The number of carbonyl (C=O) groups excluding carboxylic acids is 1. The minimum Gasteiger partial charge on any atom is -0.388 e. The van der Waals surface area contributed by atoms with Crippen LogP contribution in [-0.4, -0.2) is 48.7 Å². The normalized spacial score (nSPS) is 30.1. The number of benzene rings is 1. The third-order valence-electron chi connectivity index (χ3n) is 4.35. The number of amides is 2. The number of fused-ring (bicyclic) bond motifs is 1. The molecule has 1 aromatic rings. The predicted molar refractivity (Wildman–Crippen MR) is 86.6 cm³/mol. The summed E-state index contributed by atoms with van der Waals surface area (Å²) in [7, 11) is 0. The lowest BCUT2D eigenvalue weighted by Crippen LogP contribution is -2.46. The SMILES string of the molecule is CC(C)(C)c1ccc(NC(=O)N[C@H]2CO[C@H]3[C@@H]2OC[C@H]3O)cc1. The molecular formula is C17H24N2O4. The molecule has 2 aliphatic rings. The summed E-state index contributed by atoms with van der Waals surface area (Å²) in [5.74, 6) is 0. The Labute approximate surface area is 136 Å². The number of rotatable bonds is 2. The second-order valence-electron chi connectivity index (χ2n) is 7.20. The van der Waals surface area contributed by atoms with Gasteiger partial charge in [0, 0.05) is 5.69 Å². The van der Waals surface area contributed by atoms with E-state index in [0.717, 1.165) is 5.69 Å². The zero-order chi connectivity index (χ0) is 16.6. The van der Waals surface area contributed by atoms with Crippen LogP contribution in [0.4, 0.5) is 10.5 Å². The average Bonchev–Trinajstić information content (AvgIpc) is 3.03. The molecule has 4 atom stereocenters. The van der Waals surface area contributed by atoms with E-state index >= 15 is 0 Å². The summed E-state index contributed by atoms with van der Waals surface area (Å²) < 4.78 is 11.0. The number of aliphatic hydroxyl groups is 1. The monoisotopic (exact) mass is 320 g/mol. The summed E-state index contributed by atoms with van der Waals surface area (Å²) in [6.07, 6.45) is -1.23. The van der Waals surface area contributed by atoms with Crippen LogP contribution in [0.2, 0.25) is 0 Å². The van der Waals surface area contributed by atoms with Crippen LogP contribution in [0.15, 0.2) is 24.3 Å². The standard InChI is InChI=1S/C17H24N2O4/c1-17(2,3)10-4-6-11(7-5-10)18-16(21)19-12-8-22-15-13(20)9-23-14(12)15/h4-7,12-15,20H,8-9H2,1-3H3,(H2,18,19,21)/t12-,13+,14+,15+/m0/s1. The van der Waals surface area contributed by atoms with E-state index in [0.29, 0.717) is 6.61 Å². The minimum atomic E-state index is -0.611. The summed E-state index contributed by atoms with van der Waals surface area (Å²) >= 11 is 0. The first kappa shape index (κ1) is 16.2. The van der Waals surface area contributed by atoms with Gasteiger partial charge in [-0.3, -0.25) is 0 Å². The highest BCUT2D eigenvalue weighted by Gasteiger charge is 2.47. The first-order valence-corrected chi connectivity index (χ1v) is 7.94. The molecule has 2 fully saturated rings. The summed E-state index contributed by atoms with van der Waals surface area (Å²) in [6.45, 7) is 7.05. The van der Waals surface area contributed by atoms with Gasteiger partial charge in [0.05, 0.1) is 19.3 Å². The van der Waals surface area contributed by atoms with Crippen LogP contribution in [0.3, 0.4) is 0 Å². The van der Waals surface area contributed by atoms with Gasteiger partial charge in [-0.15, -0.1) is 0 Å². The summed E-state index contributed by atoms with van der Waals surface area (Å²) in [5.41, 5.74) is 2.03. The van der Waals surface area contributed by atoms with Crippen molar-refractivity contribution in [3.63, 3.8) is 0 Å². The highest BCUT2D eigenvalue weighted by Crippen LogP contribution is 2.27. The van der Waals surface area contributed by atoms with Gasteiger partial charge in [-0.05, 0) is 23.1 Å². The van der Waals surface area contributed by atoms with Crippen molar-refractivity contribution in [1.82, 2.24) is 5.32 Å². The van der Waals surface area contributed by atoms with Crippen molar-refractivity contribution in [1.29, 1.82) is 0 Å². The zero-order valence-electron chi connectivity index (χ0n) is 13.7. The van der Waals surface area contributed by atoms with Gasteiger partial charge >= 0.3 is 6.03 Å². The van der Waals surface area contributed by atoms with Crippen molar-refractivity contribution in [3.05, 3.63) is 29.8 Å². The molecule has 2 amide bonds. The van der Waals surface area contributed by atoms with E-state index in [-0.39, 0.29) is 36.3 Å². The fourth-order valence-corrected chi connectivity index (χ4v) is 2.99. The number of hydrogen-bond donors (Lipinski definition) is 3. The Kier molecular flexibility index (Phi) is 4.31. The molecule has 0 radical (unpaired) electrons. The Morgan fingerprint density at radius 2 is 1.78 bits per heavy atom. The Hall–Kier alpha value is -1.63. The van der Waals surface area contributed by atoms with Crippen LogP contribution in [0.1, 0.15) is 26.3 Å². The molecule has 3 N–H and O–H groups in total. The molecule has 2 saturated heterocycles. The van der Waals surface area contributed by atoms with Gasteiger partial charge in [0.25, 0.3) is 0 Å². The highest BCUT2D eigenvalue weighted by molar-refractivity contribution is 5.89. The molecule has 126 valence electrons. The van der Waals surface area contributed by atoms with E-state index in [1.54, 1.807) is 0 Å². The second kappa shape index (κ2) is 6.11. The smallest absolute Gasteiger partial charge is 0.319 e. The molecule has 3 rings (SSSR count). The van der Waals surface area contributed by atoms with Crippen molar-refractivity contribution in [2.24, 2.45) is 0 Å². The van der Waals surface area contributed by atoms with Crippen LogP contribution in [0.25, 0.3) is 0 Å². The Balaban J connectivity index is 1.56. The van der Waals surface area contributed by atoms with Gasteiger partial charge in [0.15, 0.2) is 0 Å². The molecule has 2 aliphatic heterocycles. The predicted octanol–water partition coefficient (Wildman–Crippen LogP) is 1.63. The maximum absolute atomic E-state index is 12.1. The van der Waals surface area contributed by atoms with E-state index in [9.17, 15) is 9.90 Å². The molecule has 6 nitrogen and oxygen atoms in total. The highest BCUT2D eigenvalue weighted by atomic mass is 16.6. The van der Waals surface area contributed by atoms with Gasteiger partial charge < -0.3 is 25.2 Å². The maximum Gasteiger partial charge on any atom is 0.319 e. The van der Waals surface area contributed by atoms with Crippen LogP contribution in [0.5, 0.6) is 0 Å². The first-order chi connectivity index (χ1) is 10.8. The van der Waals surface area contributed by atoms with E-state index in [1.807, 2.05) is 24.3 Å². The van der Waals surface area contributed by atoms with Gasteiger partial charge in [0.1, 0.15) is 18.3 Å². The molecule has 0 aliphatic carbocycles.